The number of allylic oxidation sites excluding steroid dienone is 2. The summed E-state index contributed by atoms with van der Waals surface area (Å²) < 4.78 is 0. The van der Waals surface area contributed by atoms with E-state index < -0.39 is 23.2 Å². The molecule has 0 radical (unpaired) electrons. The highest BCUT2D eigenvalue weighted by Crippen LogP contribution is 2.44. The van der Waals surface area contributed by atoms with Gasteiger partial charge in [-0.3, -0.25) is 14.4 Å². The molecular weight excluding hydrogens is 316 g/mol. The third-order valence-electron chi connectivity index (χ3n) is 5.12. The fourth-order valence-electron chi connectivity index (χ4n) is 3.25. The summed E-state index contributed by atoms with van der Waals surface area (Å²) in [5, 5.41) is 9.64. The van der Waals surface area contributed by atoms with Crippen LogP contribution in [0.3, 0.4) is 0 Å². The molecular formula is C21H26O4. The second-order valence-corrected chi connectivity index (χ2v) is 6.75. The first-order valence-electron chi connectivity index (χ1n) is 8.65. The molecule has 0 aromatic carbocycles. The maximum Gasteiger partial charge on any atom is 0.307 e. The molecule has 0 saturated heterocycles. The molecule has 0 aromatic heterocycles. The van der Waals surface area contributed by atoms with Gasteiger partial charge in [0, 0.05) is 25.2 Å². The van der Waals surface area contributed by atoms with E-state index in [1.807, 2.05) is 0 Å². The summed E-state index contributed by atoms with van der Waals surface area (Å²) in [5.41, 5.74) is -0.806. The monoisotopic (exact) mass is 342 g/mol. The minimum absolute atomic E-state index is 0.151. The van der Waals surface area contributed by atoms with Crippen molar-refractivity contribution in [1.29, 1.82) is 0 Å². The highest BCUT2D eigenvalue weighted by Gasteiger charge is 2.52. The summed E-state index contributed by atoms with van der Waals surface area (Å²) in [7, 11) is 0. The standard InChI is InChI=1S/C21H26O4/c1-5-6-7-8-9-10-11-12-13-17(20(24)25)21(4)16(3)19(23)15(2)14-18(21)22/h1,14,16-17H,6-8,11-13H2,2-4H3,(H,24,25). The molecule has 0 amide bonds. The maximum absolute atomic E-state index is 12.5. The van der Waals surface area contributed by atoms with Crippen molar-refractivity contribution in [3.63, 3.8) is 0 Å². The summed E-state index contributed by atoms with van der Waals surface area (Å²) in [4.78, 5) is 36.6. The van der Waals surface area contributed by atoms with E-state index in [9.17, 15) is 19.5 Å². The Labute approximate surface area is 150 Å². The number of hydrogen-bond acceptors (Lipinski definition) is 3. The molecule has 3 atom stereocenters. The first kappa shape index (κ1) is 20.7. The maximum atomic E-state index is 12.5. The normalized spacial score (nSPS) is 23.9. The minimum Gasteiger partial charge on any atom is -0.481 e. The van der Waals surface area contributed by atoms with Crippen molar-refractivity contribution in [2.24, 2.45) is 17.3 Å². The van der Waals surface area contributed by atoms with E-state index in [-0.39, 0.29) is 11.6 Å². The smallest absolute Gasteiger partial charge is 0.307 e. The zero-order chi connectivity index (χ0) is 19.0. The van der Waals surface area contributed by atoms with E-state index in [4.69, 9.17) is 6.42 Å². The van der Waals surface area contributed by atoms with Gasteiger partial charge in [0.2, 0.25) is 0 Å². The number of unbranched alkanes of at least 4 members (excludes halogenated alkanes) is 3. The van der Waals surface area contributed by atoms with Crippen LogP contribution in [0.15, 0.2) is 11.6 Å². The summed E-state index contributed by atoms with van der Waals surface area (Å²) >= 11 is 0. The van der Waals surface area contributed by atoms with Crippen LogP contribution >= 0.6 is 0 Å². The Bertz CT molecular complexity index is 668. The predicted molar refractivity (Wildman–Crippen MR) is 96.5 cm³/mol. The third kappa shape index (κ3) is 4.83. The van der Waals surface area contributed by atoms with Gasteiger partial charge in [0.25, 0.3) is 0 Å². The molecule has 1 aliphatic carbocycles. The van der Waals surface area contributed by atoms with Crippen LogP contribution in [0.25, 0.3) is 0 Å². The molecule has 1 aliphatic rings. The Morgan fingerprint density at radius 3 is 2.44 bits per heavy atom. The van der Waals surface area contributed by atoms with Gasteiger partial charge in [0.05, 0.1) is 11.3 Å². The zero-order valence-electron chi connectivity index (χ0n) is 15.2. The number of rotatable bonds is 7. The van der Waals surface area contributed by atoms with Crippen molar-refractivity contribution in [1.82, 2.24) is 0 Å². The lowest BCUT2D eigenvalue weighted by Crippen LogP contribution is -2.49. The first-order valence-corrected chi connectivity index (χ1v) is 8.65. The van der Waals surface area contributed by atoms with Crippen molar-refractivity contribution in [3.8, 4) is 24.2 Å². The highest BCUT2D eigenvalue weighted by atomic mass is 16.4. The van der Waals surface area contributed by atoms with Gasteiger partial charge in [-0.2, -0.15) is 0 Å². The van der Waals surface area contributed by atoms with E-state index in [2.05, 4.69) is 17.8 Å². The second-order valence-electron chi connectivity index (χ2n) is 6.75. The van der Waals surface area contributed by atoms with Crippen molar-refractivity contribution in [2.45, 2.75) is 59.3 Å². The van der Waals surface area contributed by atoms with E-state index in [1.54, 1.807) is 20.8 Å². The Kier molecular flexibility index (Phi) is 7.65. The number of carboxylic acid groups (broad SMARTS) is 1. The van der Waals surface area contributed by atoms with E-state index in [1.165, 1.54) is 6.08 Å². The summed E-state index contributed by atoms with van der Waals surface area (Å²) in [5.74, 6) is 5.60. The Morgan fingerprint density at radius 1 is 1.28 bits per heavy atom. The molecule has 1 rings (SSSR count). The molecule has 4 heteroatoms. The fourth-order valence-corrected chi connectivity index (χ4v) is 3.25. The molecule has 0 heterocycles. The van der Waals surface area contributed by atoms with Gasteiger partial charge in [-0.25, -0.2) is 0 Å². The van der Waals surface area contributed by atoms with Crippen molar-refractivity contribution < 1.29 is 19.5 Å². The molecule has 3 unspecified atom stereocenters. The summed E-state index contributed by atoms with van der Waals surface area (Å²) in [6.45, 7) is 4.85. The number of carbonyl (C=O) groups is 3. The second kappa shape index (κ2) is 9.23. The molecule has 134 valence electrons. The predicted octanol–water partition coefficient (Wildman–Crippen LogP) is 3.40. The average molecular weight is 342 g/mol. The minimum atomic E-state index is -1.21. The van der Waals surface area contributed by atoms with Gasteiger partial charge < -0.3 is 5.11 Å². The van der Waals surface area contributed by atoms with Crippen LogP contribution in [0.5, 0.6) is 0 Å². The van der Waals surface area contributed by atoms with Crippen LogP contribution < -0.4 is 0 Å². The Balaban J connectivity index is 2.77. The number of Topliss-reactive ketones (excluding diaryl/α,β-unsaturated/α-hetero) is 1. The van der Waals surface area contributed by atoms with Crippen LogP contribution in [0.1, 0.15) is 59.3 Å². The van der Waals surface area contributed by atoms with Gasteiger partial charge in [-0.05, 0) is 37.8 Å². The topological polar surface area (TPSA) is 71.4 Å². The molecule has 25 heavy (non-hydrogen) atoms. The third-order valence-corrected chi connectivity index (χ3v) is 5.12. The van der Waals surface area contributed by atoms with Crippen LogP contribution in [0.2, 0.25) is 0 Å². The van der Waals surface area contributed by atoms with E-state index in [0.717, 1.165) is 12.8 Å². The molecule has 4 nitrogen and oxygen atoms in total. The Morgan fingerprint density at radius 2 is 1.88 bits per heavy atom. The van der Waals surface area contributed by atoms with Crippen LogP contribution in [-0.2, 0) is 14.4 Å². The van der Waals surface area contributed by atoms with Crippen molar-refractivity contribution in [3.05, 3.63) is 11.6 Å². The van der Waals surface area contributed by atoms with Crippen LogP contribution in [-0.4, -0.2) is 22.6 Å². The lowest BCUT2D eigenvalue weighted by Gasteiger charge is -2.40. The lowest BCUT2D eigenvalue weighted by molar-refractivity contribution is -0.155. The molecule has 0 fully saturated rings. The number of carbonyl (C=O) groups excluding carboxylic acids is 2. The van der Waals surface area contributed by atoms with Gasteiger partial charge >= 0.3 is 5.97 Å². The largest absolute Gasteiger partial charge is 0.481 e. The van der Waals surface area contributed by atoms with E-state index in [0.29, 0.717) is 31.3 Å². The lowest BCUT2D eigenvalue weighted by atomic mass is 9.60. The molecule has 0 saturated carbocycles. The van der Waals surface area contributed by atoms with Gasteiger partial charge in [-0.15, -0.1) is 24.2 Å². The van der Waals surface area contributed by atoms with E-state index >= 15 is 0 Å². The molecule has 0 aliphatic heterocycles. The molecule has 0 bridgehead atoms. The zero-order valence-corrected chi connectivity index (χ0v) is 15.2. The average Bonchev–Trinajstić information content (AvgIpc) is 2.56. The van der Waals surface area contributed by atoms with Crippen molar-refractivity contribution in [2.75, 3.05) is 0 Å². The number of aliphatic carboxylic acids is 1. The highest BCUT2D eigenvalue weighted by molar-refractivity contribution is 6.13. The summed E-state index contributed by atoms with van der Waals surface area (Å²) in [6, 6.07) is 0. The van der Waals surface area contributed by atoms with Crippen LogP contribution in [0.4, 0.5) is 0 Å². The Hall–Kier alpha value is -2.33. The van der Waals surface area contributed by atoms with Gasteiger partial charge in [0.1, 0.15) is 0 Å². The van der Waals surface area contributed by atoms with Gasteiger partial charge in [-0.1, -0.05) is 13.8 Å². The fraction of sp³-hybridized carbons (Fsp3) is 0.571. The molecule has 0 spiro atoms. The SMILES string of the molecule is C#CCCCC#CCCCC(C(=O)O)C1(C)C(=O)C=C(C)C(=O)C1C. The molecule has 1 N–H and O–H groups in total. The summed E-state index contributed by atoms with van der Waals surface area (Å²) in [6.07, 6.45) is 10.2. The number of hydrogen-bond donors (Lipinski definition) is 1. The number of ketones is 2. The first-order chi connectivity index (χ1) is 11.8. The van der Waals surface area contributed by atoms with Crippen LogP contribution in [0, 0.1) is 41.4 Å². The number of terminal acetylenes is 1. The quantitative estimate of drug-likeness (QED) is 0.568. The molecule has 0 aromatic rings. The number of carboxylic acids is 1. The van der Waals surface area contributed by atoms with Crippen molar-refractivity contribution >= 4 is 17.5 Å². The van der Waals surface area contributed by atoms with Gasteiger partial charge in [0.15, 0.2) is 11.6 Å².